The van der Waals surface area contributed by atoms with E-state index in [9.17, 15) is 9.90 Å². The van der Waals surface area contributed by atoms with Gasteiger partial charge in [0.05, 0.1) is 6.10 Å². The first-order valence-electron chi connectivity index (χ1n) is 7.63. The van der Waals surface area contributed by atoms with Gasteiger partial charge >= 0.3 is 0 Å². The Morgan fingerprint density at radius 3 is 3.05 bits per heavy atom. The van der Waals surface area contributed by atoms with Crippen molar-refractivity contribution in [3.8, 4) is 0 Å². The fourth-order valence-corrected chi connectivity index (χ4v) is 3.25. The molecule has 2 N–H and O–H groups in total. The monoisotopic (exact) mass is 286 g/mol. The van der Waals surface area contributed by atoms with E-state index in [2.05, 4.69) is 17.1 Å². The number of nitrogens with one attached hydrogen (secondary N) is 1. The third kappa shape index (κ3) is 2.81. The Morgan fingerprint density at radius 1 is 1.48 bits per heavy atom. The lowest BCUT2D eigenvalue weighted by atomic mass is 10.1. The number of H-pyrrole nitrogens is 1. The van der Waals surface area contributed by atoms with Crippen molar-refractivity contribution in [1.82, 2.24) is 9.88 Å². The number of rotatable bonds is 3. The SMILES string of the molecule is Cc1ccc2cc(C(=O)N3CCCC3CC(C)O)[nH]c2c1. The van der Waals surface area contributed by atoms with Crippen LogP contribution in [0.1, 0.15) is 42.2 Å². The summed E-state index contributed by atoms with van der Waals surface area (Å²) in [6, 6.07) is 8.23. The number of fused-ring (bicyclic) bond motifs is 1. The van der Waals surface area contributed by atoms with Crippen LogP contribution in [0.25, 0.3) is 10.9 Å². The zero-order valence-electron chi connectivity index (χ0n) is 12.6. The average Bonchev–Trinajstić information content (AvgIpc) is 3.03. The molecule has 4 heteroatoms. The number of aryl methyl sites for hydroxylation is 1. The molecular weight excluding hydrogens is 264 g/mol. The number of nitrogens with zero attached hydrogens (tertiary/aromatic N) is 1. The van der Waals surface area contributed by atoms with E-state index in [1.54, 1.807) is 6.92 Å². The fourth-order valence-electron chi connectivity index (χ4n) is 3.25. The Hall–Kier alpha value is -1.81. The Kier molecular flexibility index (Phi) is 3.72. The molecule has 0 spiro atoms. The number of likely N-dealkylation sites (tertiary alicyclic amines) is 1. The third-order valence-corrected chi connectivity index (χ3v) is 4.26. The van der Waals surface area contributed by atoms with Gasteiger partial charge in [0.15, 0.2) is 0 Å². The zero-order chi connectivity index (χ0) is 15.0. The van der Waals surface area contributed by atoms with Crippen molar-refractivity contribution in [2.45, 2.75) is 45.3 Å². The van der Waals surface area contributed by atoms with Crippen molar-refractivity contribution < 1.29 is 9.90 Å². The van der Waals surface area contributed by atoms with Gasteiger partial charge in [-0.05, 0) is 50.8 Å². The molecule has 0 aliphatic carbocycles. The van der Waals surface area contributed by atoms with Crippen LogP contribution in [-0.4, -0.2) is 39.6 Å². The molecule has 1 amide bonds. The first kappa shape index (κ1) is 14.1. The number of aliphatic hydroxyl groups excluding tert-OH is 1. The number of aromatic amines is 1. The second-order valence-corrected chi connectivity index (χ2v) is 6.15. The highest BCUT2D eigenvalue weighted by Crippen LogP contribution is 2.25. The molecule has 0 radical (unpaired) electrons. The number of carbonyl (C=O) groups is 1. The predicted molar refractivity (Wildman–Crippen MR) is 83.4 cm³/mol. The van der Waals surface area contributed by atoms with Crippen LogP contribution in [0.4, 0.5) is 0 Å². The molecule has 2 heterocycles. The van der Waals surface area contributed by atoms with Crippen LogP contribution in [0.2, 0.25) is 0 Å². The minimum Gasteiger partial charge on any atom is -0.393 e. The lowest BCUT2D eigenvalue weighted by Crippen LogP contribution is -2.37. The van der Waals surface area contributed by atoms with Crippen LogP contribution in [0.15, 0.2) is 24.3 Å². The molecule has 112 valence electrons. The molecular formula is C17H22N2O2. The normalized spacial score (nSPS) is 20.1. The molecule has 1 saturated heterocycles. The maximum Gasteiger partial charge on any atom is 0.270 e. The van der Waals surface area contributed by atoms with E-state index in [1.807, 2.05) is 24.0 Å². The van der Waals surface area contributed by atoms with Crippen LogP contribution in [-0.2, 0) is 0 Å². The van der Waals surface area contributed by atoms with Crippen molar-refractivity contribution in [3.63, 3.8) is 0 Å². The maximum atomic E-state index is 12.7. The highest BCUT2D eigenvalue weighted by atomic mass is 16.3. The second kappa shape index (κ2) is 5.53. The first-order chi connectivity index (χ1) is 10.0. The molecule has 1 aliphatic heterocycles. The van der Waals surface area contributed by atoms with E-state index in [0.717, 1.165) is 30.3 Å². The van der Waals surface area contributed by atoms with E-state index < -0.39 is 0 Å². The van der Waals surface area contributed by atoms with Gasteiger partial charge < -0.3 is 15.0 Å². The molecule has 1 fully saturated rings. The van der Waals surface area contributed by atoms with E-state index in [4.69, 9.17) is 0 Å². The van der Waals surface area contributed by atoms with Crippen LogP contribution in [0.3, 0.4) is 0 Å². The number of amides is 1. The lowest BCUT2D eigenvalue weighted by molar-refractivity contribution is 0.0677. The fraction of sp³-hybridized carbons (Fsp3) is 0.471. The smallest absolute Gasteiger partial charge is 0.270 e. The lowest BCUT2D eigenvalue weighted by Gasteiger charge is -2.25. The van der Waals surface area contributed by atoms with Crippen molar-refractivity contribution in [2.24, 2.45) is 0 Å². The van der Waals surface area contributed by atoms with E-state index in [0.29, 0.717) is 12.1 Å². The summed E-state index contributed by atoms with van der Waals surface area (Å²) < 4.78 is 0. The van der Waals surface area contributed by atoms with Crippen molar-refractivity contribution >= 4 is 16.8 Å². The summed E-state index contributed by atoms with van der Waals surface area (Å²) in [6.45, 7) is 4.61. The van der Waals surface area contributed by atoms with E-state index >= 15 is 0 Å². The summed E-state index contributed by atoms with van der Waals surface area (Å²) in [5.41, 5.74) is 2.83. The molecule has 0 saturated carbocycles. The highest BCUT2D eigenvalue weighted by molar-refractivity contribution is 5.98. The number of aliphatic hydroxyl groups is 1. The van der Waals surface area contributed by atoms with Crippen LogP contribution in [0.5, 0.6) is 0 Å². The second-order valence-electron chi connectivity index (χ2n) is 6.15. The molecule has 0 bridgehead atoms. The summed E-state index contributed by atoms with van der Waals surface area (Å²) in [4.78, 5) is 17.8. The summed E-state index contributed by atoms with van der Waals surface area (Å²) in [7, 11) is 0. The summed E-state index contributed by atoms with van der Waals surface area (Å²) >= 11 is 0. The van der Waals surface area contributed by atoms with Gasteiger partial charge in [-0.3, -0.25) is 4.79 Å². The van der Waals surface area contributed by atoms with Crippen LogP contribution >= 0.6 is 0 Å². The molecule has 1 aliphatic rings. The van der Waals surface area contributed by atoms with Gasteiger partial charge in [-0.1, -0.05) is 12.1 Å². The van der Waals surface area contributed by atoms with Crippen molar-refractivity contribution in [1.29, 1.82) is 0 Å². The Bertz CT molecular complexity index is 660. The molecule has 3 rings (SSSR count). The number of hydrogen-bond donors (Lipinski definition) is 2. The molecule has 2 aromatic rings. The number of carbonyl (C=O) groups excluding carboxylic acids is 1. The van der Waals surface area contributed by atoms with Crippen LogP contribution in [0, 0.1) is 6.92 Å². The Balaban J connectivity index is 1.85. The number of benzene rings is 1. The molecule has 2 atom stereocenters. The molecule has 2 unspecified atom stereocenters. The van der Waals surface area contributed by atoms with Gasteiger partial charge in [0, 0.05) is 23.5 Å². The number of hydrogen-bond acceptors (Lipinski definition) is 2. The minimum absolute atomic E-state index is 0.0482. The van der Waals surface area contributed by atoms with Gasteiger partial charge in [-0.25, -0.2) is 0 Å². The van der Waals surface area contributed by atoms with Gasteiger partial charge in [-0.15, -0.1) is 0 Å². The Labute approximate surface area is 124 Å². The quantitative estimate of drug-likeness (QED) is 0.911. The van der Waals surface area contributed by atoms with Crippen molar-refractivity contribution in [2.75, 3.05) is 6.54 Å². The third-order valence-electron chi connectivity index (χ3n) is 4.26. The van der Waals surface area contributed by atoms with E-state index in [-0.39, 0.29) is 18.1 Å². The molecule has 4 nitrogen and oxygen atoms in total. The molecule has 1 aromatic heterocycles. The van der Waals surface area contributed by atoms with Gasteiger partial charge in [0.2, 0.25) is 0 Å². The standard InChI is InChI=1S/C17H22N2O2/c1-11-5-6-13-10-16(18-15(13)8-11)17(21)19-7-3-4-14(19)9-12(2)20/h5-6,8,10,12,14,18,20H,3-4,7,9H2,1-2H3. The van der Waals surface area contributed by atoms with Crippen molar-refractivity contribution in [3.05, 3.63) is 35.5 Å². The Morgan fingerprint density at radius 2 is 2.29 bits per heavy atom. The van der Waals surface area contributed by atoms with Crippen LogP contribution < -0.4 is 0 Å². The maximum absolute atomic E-state index is 12.7. The number of aromatic nitrogens is 1. The van der Waals surface area contributed by atoms with Gasteiger partial charge in [0.1, 0.15) is 5.69 Å². The minimum atomic E-state index is -0.367. The molecule has 1 aromatic carbocycles. The summed E-state index contributed by atoms with van der Waals surface area (Å²) in [6.07, 6.45) is 2.29. The average molecular weight is 286 g/mol. The first-order valence-corrected chi connectivity index (χ1v) is 7.63. The van der Waals surface area contributed by atoms with Gasteiger partial charge in [-0.2, -0.15) is 0 Å². The largest absolute Gasteiger partial charge is 0.393 e. The topological polar surface area (TPSA) is 56.3 Å². The highest BCUT2D eigenvalue weighted by Gasteiger charge is 2.30. The van der Waals surface area contributed by atoms with E-state index in [1.165, 1.54) is 5.56 Å². The van der Waals surface area contributed by atoms with Gasteiger partial charge in [0.25, 0.3) is 5.91 Å². The summed E-state index contributed by atoms with van der Waals surface area (Å²) in [5.74, 6) is 0.0482. The zero-order valence-corrected chi connectivity index (χ0v) is 12.6. The molecule has 21 heavy (non-hydrogen) atoms. The summed E-state index contributed by atoms with van der Waals surface area (Å²) in [5, 5.41) is 10.6. The predicted octanol–water partition coefficient (Wildman–Crippen LogP) is 2.85.